The van der Waals surface area contributed by atoms with Gasteiger partial charge in [-0.3, -0.25) is 0 Å². The van der Waals surface area contributed by atoms with Gasteiger partial charge in [0.25, 0.3) is 0 Å². The fraction of sp³-hybridized carbons (Fsp3) is 0.158. The molecule has 6 nitrogen and oxygen atoms in total. The lowest BCUT2D eigenvalue weighted by Crippen LogP contribution is -2.22. The summed E-state index contributed by atoms with van der Waals surface area (Å²) in [5.74, 6) is -1.12. The van der Waals surface area contributed by atoms with E-state index in [9.17, 15) is 15.2 Å². The molecule has 1 heterocycles. The minimum absolute atomic E-state index is 0.00361. The standard InChI is InChI=1S/C19H17N3O3/c1-22(2)11-7-8-14-16(9-11)25-18(21)15(10-20)17(14)12-5-3-4-6-13(12)19(23)24/h3-9,17H,21H2,1-2H3,(H,23,24). The first kappa shape index (κ1) is 16.4. The molecule has 1 aliphatic heterocycles. The summed E-state index contributed by atoms with van der Waals surface area (Å²) in [6, 6.07) is 14.3. The number of carboxylic acids is 1. The monoisotopic (exact) mass is 335 g/mol. The Bertz CT molecular complexity index is 926. The number of benzene rings is 2. The van der Waals surface area contributed by atoms with Gasteiger partial charge in [0.1, 0.15) is 17.4 Å². The number of nitrogens with two attached hydrogens (primary N) is 1. The molecule has 2 aromatic rings. The number of carboxylic acid groups (broad SMARTS) is 1. The number of rotatable bonds is 3. The minimum Gasteiger partial charge on any atom is -0.478 e. The lowest BCUT2D eigenvalue weighted by atomic mass is 9.81. The predicted octanol–water partition coefficient (Wildman–Crippen LogP) is 2.67. The molecule has 0 fully saturated rings. The Balaban J connectivity index is 2.26. The van der Waals surface area contributed by atoms with Crippen LogP contribution in [0.5, 0.6) is 5.75 Å². The van der Waals surface area contributed by atoms with E-state index < -0.39 is 11.9 Å². The molecule has 0 saturated heterocycles. The molecule has 3 rings (SSSR count). The van der Waals surface area contributed by atoms with Gasteiger partial charge < -0.3 is 20.5 Å². The van der Waals surface area contributed by atoms with Crippen molar-refractivity contribution in [3.63, 3.8) is 0 Å². The Hall–Kier alpha value is -3.46. The van der Waals surface area contributed by atoms with E-state index in [1.807, 2.05) is 37.2 Å². The number of nitrogens with zero attached hydrogens (tertiary/aromatic N) is 2. The van der Waals surface area contributed by atoms with E-state index in [0.717, 1.165) is 5.69 Å². The van der Waals surface area contributed by atoms with Crippen molar-refractivity contribution >= 4 is 11.7 Å². The molecule has 25 heavy (non-hydrogen) atoms. The van der Waals surface area contributed by atoms with Crippen molar-refractivity contribution in [1.82, 2.24) is 0 Å². The molecule has 0 aromatic heterocycles. The smallest absolute Gasteiger partial charge is 0.335 e. The fourth-order valence-corrected chi connectivity index (χ4v) is 2.99. The van der Waals surface area contributed by atoms with Crippen LogP contribution in [-0.4, -0.2) is 25.2 Å². The van der Waals surface area contributed by atoms with Gasteiger partial charge in [-0.1, -0.05) is 24.3 Å². The van der Waals surface area contributed by atoms with Gasteiger partial charge >= 0.3 is 5.97 Å². The number of ether oxygens (including phenoxy) is 1. The average molecular weight is 335 g/mol. The van der Waals surface area contributed by atoms with Crippen LogP contribution in [0.2, 0.25) is 0 Å². The topological polar surface area (TPSA) is 99.6 Å². The molecule has 0 saturated carbocycles. The third kappa shape index (κ3) is 2.76. The van der Waals surface area contributed by atoms with Crippen LogP contribution in [0.3, 0.4) is 0 Å². The van der Waals surface area contributed by atoms with Crippen molar-refractivity contribution in [3.05, 3.63) is 70.6 Å². The van der Waals surface area contributed by atoms with Crippen LogP contribution in [0.1, 0.15) is 27.4 Å². The van der Waals surface area contributed by atoms with Gasteiger partial charge in [0.2, 0.25) is 5.88 Å². The van der Waals surface area contributed by atoms with Crippen LogP contribution < -0.4 is 15.4 Å². The van der Waals surface area contributed by atoms with Crippen LogP contribution in [0, 0.1) is 11.3 Å². The zero-order chi connectivity index (χ0) is 18.1. The maximum atomic E-state index is 11.6. The number of hydrogen-bond acceptors (Lipinski definition) is 5. The minimum atomic E-state index is -1.05. The summed E-state index contributed by atoms with van der Waals surface area (Å²) in [5, 5.41) is 19.1. The third-order valence-electron chi connectivity index (χ3n) is 4.22. The van der Waals surface area contributed by atoms with Crippen molar-refractivity contribution in [3.8, 4) is 11.8 Å². The van der Waals surface area contributed by atoms with Gasteiger partial charge in [-0.05, 0) is 17.7 Å². The molecule has 0 radical (unpaired) electrons. The Labute approximate surface area is 145 Å². The van der Waals surface area contributed by atoms with Gasteiger partial charge in [0.05, 0.1) is 11.5 Å². The number of aromatic carboxylic acids is 1. The largest absolute Gasteiger partial charge is 0.478 e. The number of hydrogen-bond donors (Lipinski definition) is 2. The summed E-state index contributed by atoms with van der Waals surface area (Å²) in [6.45, 7) is 0. The highest BCUT2D eigenvalue weighted by Gasteiger charge is 2.33. The molecule has 1 atom stereocenters. The van der Waals surface area contributed by atoms with Gasteiger partial charge in [0.15, 0.2) is 0 Å². The van der Waals surface area contributed by atoms with E-state index in [4.69, 9.17) is 10.5 Å². The molecule has 2 aromatic carbocycles. The summed E-state index contributed by atoms with van der Waals surface area (Å²) in [7, 11) is 3.81. The zero-order valence-electron chi connectivity index (χ0n) is 13.9. The van der Waals surface area contributed by atoms with Crippen molar-refractivity contribution in [2.24, 2.45) is 5.73 Å². The Kier molecular flexibility index (Phi) is 4.07. The van der Waals surface area contributed by atoms with Crippen LogP contribution in [0.15, 0.2) is 53.9 Å². The number of nitriles is 1. The number of anilines is 1. The molecule has 6 heteroatoms. The molecule has 3 N–H and O–H groups in total. The highest BCUT2D eigenvalue weighted by atomic mass is 16.5. The van der Waals surface area contributed by atoms with Crippen molar-refractivity contribution < 1.29 is 14.6 Å². The first-order chi connectivity index (χ1) is 11.9. The summed E-state index contributed by atoms with van der Waals surface area (Å²) >= 11 is 0. The molecule has 1 aliphatic rings. The summed E-state index contributed by atoms with van der Waals surface area (Å²) in [4.78, 5) is 13.5. The first-order valence-corrected chi connectivity index (χ1v) is 7.65. The molecule has 0 spiro atoms. The lowest BCUT2D eigenvalue weighted by molar-refractivity contribution is 0.0695. The van der Waals surface area contributed by atoms with Gasteiger partial charge in [-0.25, -0.2) is 4.79 Å². The molecule has 1 unspecified atom stereocenters. The number of allylic oxidation sites excluding steroid dienone is 1. The van der Waals surface area contributed by atoms with Crippen LogP contribution >= 0.6 is 0 Å². The highest BCUT2D eigenvalue weighted by molar-refractivity contribution is 5.90. The average Bonchev–Trinajstić information content (AvgIpc) is 2.59. The number of carbonyl (C=O) groups is 1. The third-order valence-corrected chi connectivity index (χ3v) is 4.22. The van der Waals surface area contributed by atoms with Gasteiger partial charge in [-0.15, -0.1) is 0 Å². The van der Waals surface area contributed by atoms with Crippen molar-refractivity contribution in [2.45, 2.75) is 5.92 Å². The second-order valence-corrected chi connectivity index (χ2v) is 5.93. The SMILES string of the molecule is CN(C)c1ccc2c(c1)OC(N)=C(C#N)C2c1ccccc1C(=O)O. The summed E-state index contributed by atoms with van der Waals surface area (Å²) < 4.78 is 5.64. The zero-order valence-corrected chi connectivity index (χ0v) is 13.9. The Morgan fingerprint density at radius 2 is 1.96 bits per heavy atom. The molecule has 0 bridgehead atoms. The van der Waals surface area contributed by atoms with E-state index in [0.29, 0.717) is 16.9 Å². The lowest BCUT2D eigenvalue weighted by Gasteiger charge is -2.28. The van der Waals surface area contributed by atoms with Crippen LogP contribution in [0.25, 0.3) is 0 Å². The fourth-order valence-electron chi connectivity index (χ4n) is 2.99. The maximum Gasteiger partial charge on any atom is 0.335 e. The molecular formula is C19H17N3O3. The Morgan fingerprint density at radius 1 is 1.24 bits per heavy atom. The number of fused-ring (bicyclic) bond motifs is 1. The normalized spacial score (nSPS) is 15.8. The van der Waals surface area contributed by atoms with Crippen molar-refractivity contribution in [2.75, 3.05) is 19.0 Å². The Morgan fingerprint density at radius 3 is 2.60 bits per heavy atom. The van der Waals surface area contributed by atoms with E-state index in [1.54, 1.807) is 18.2 Å². The highest BCUT2D eigenvalue weighted by Crippen LogP contribution is 2.44. The molecule has 126 valence electrons. The predicted molar refractivity (Wildman–Crippen MR) is 93.5 cm³/mol. The molecule has 0 amide bonds. The summed E-state index contributed by atoms with van der Waals surface area (Å²) in [6.07, 6.45) is 0. The van der Waals surface area contributed by atoms with Crippen LogP contribution in [0.4, 0.5) is 5.69 Å². The van der Waals surface area contributed by atoms with E-state index in [2.05, 4.69) is 6.07 Å². The maximum absolute atomic E-state index is 11.6. The van der Waals surface area contributed by atoms with Crippen LogP contribution in [-0.2, 0) is 0 Å². The second kappa shape index (κ2) is 6.21. The van der Waals surface area contributed by atoms with E-state index in [1.165, 1.54) is 6.07 Å². The van der Waals surface area contributed by atoms with Gasteiger partial charge in [0, 0.05) is 31.4 Å². The second-order valence-electron chi connectivity index (χ2n) is 5.93. The molecule has 0 aliphatic carbocycles. The van der Waals surface area contributed by atoms with E-state index in [-0.39, 0.29) is 17.0 Å². The quantitative estimate of drug-likeness (QED) is 0.894. The summed E-state index contributed by atoms with van der Waals surface area (Å²) in [5.41, 5.74) is 8.44. The van der Waals surface area contributed by atoms with Gasteiger partial charge in [-0.2, -0.15) is 5.26 Å². The first-order valence-electron chi connectivity index (χ1n) is 7.65. The van der Waals surface area contributed by atoms with Crippen molar-refractivity contribution in [1.29, 1.82) is 5.26 Å². The molecular weight excluding hydrogens is 318 g/mol. The van der Waals surface area contributed by atoms with E-state index >= 15 is 0 Å².